The fraction of sp³-hybridized carbons (Fsp3) is 0.160. The van der Waals surface area contributed by atoms with Crippen molar-refractivity contribution in [3.8, 4) is 0 Å². The number of halogens is 1. The molecule has 0 N–H and O–H groups in total. The van der Waals surface area contributed by atoms with Crippen LogP contribution in [-0.2, 0) is 9.59 Å². The average molecular weight is 474 g/mol. The highest BCUT2D eigenvalue weighted by molar-refractivity contribution is 9.10. The lowest BCUT2D eigenvalue weighted by Crippen LogP contribution is -2.40. The van der Waals surface area contributed by atoms with Crippen molar-refractivity contribution in [2.24, 2.45) is 11.0 Å². The predicted molar refractivity (Wildman–Crippen MR) is 124 cm³/mol. The van der Waals surface area contributed by atoms with Gasteiger partial charge in [0.1, 0.15) is 12.0 Å². The molecule has 2 aliphatic heterocycles. The highest BCUT2D eigenvalue weighted by Crippen LogP contribution is 2.40. The quantitative estimate of drug-likeness (QED) is 0.511. The molecule has 0 bridgehead atoms. The molecule has 31 heavy (non-hydrogen) atoms. The van der Waals surface area contributed by atoms with E-state index in [1.807, 2.05) is 91.9 Å². The van der Waals surface area contributed by atoms with Gasteiger partial charge in [0.2, 0.25) is 5.91 Å². The Hall–Kier alpha value is -3.25. The van der Waals surface area contributed by atoms with Crippen LogP contribution in [0.4, 0.5) is 5.69 Å². The van der Waals surface area contributed by atoms with E-state index in [1.54, 1.807) is 5.01 Å². The van der Waals surface area contributed by atoms with Gasteiger partial charge in [0, 0.05) is 4.47 Å². The molecule has 5 nitrogen and oxygen atoms in total. The third-order valence-electron chi connectivity index (χ3n) is 5.91. The molecule has 3 aromatic rings. The van der Waals surface area contributed by atoms with Gasteiger partial charge < -0.3 is 0 Å². The Balaban J connectivity index is 1.59. The first-order valence-corrected chi connectivity index (χ1v) is 11.0. The van der Waals surface area contributed by atoms with Crippen molar-refractivity contribution in [1.29, 1.82) is 0 Å². The van der Waals surface area contributed by atoms with Gasteiger partial charge in [-0.2, -0.15) is 5.10 Å². The van der Waals surface area contributed by atoms with E-state index in [-0.39, 0.29) is 17.9 Å². The number of hydrazone groups is 1. The van der Waals surface area contributed by atoms with Crippen LogP contribution in [0.15, 0.2) is 94.5 Å². The fourth-order valence-corrected chi connectivity index (χ4v) is 4.62. The third kappa shape index (κ3) is 3.27. The maximum atomic E-state index is 13.6. The predicted octanol–water partition coefficient (Wildman–Crippen LogP) is 4.79. The minimum absolute atomic E-state index is 0.202. The van der Waals surface area contributed by atoms with Crippen molar-refractivity contribution in [3.63, 3.8) is 0 Å². The van der Waals surface area contributed by atoms with E-state index in [0.717, 1.165) is 21.3 Å². The molecule has 0 aromatic heterocycles. The van der Waals surface area contributed by atoms with E-state index in [9.17, 15) is 9.59 Å². The Labute approximate surface area is 189 Å². The summed E-state index contributed by atoms with van der Waals surface area (Å²) in [5.74, 6) is -1.06. The molecule has 0 unspecified atom stereocenters. The van der Waals surface area contributed by atoms with Gasteiger partial charge in [0.25, 0.3) is 5.91 Å². The summed E-state index contributed by atoms with van der Waals surface area (Å²) in [6.45, 7) is 1.90. The maximum absolute atomic E-state index is 13.6. The monoisotopic (exact) mass is 473 g/mol. The summed E-state index contributed by atoms with van der Waals surface area (Å²) in [5, 5.41) is 6.48. The molecule has 2 amide bonds. The summed E-state index contributed by atoms with van der Waals surface area (Å²) < 4.78 is 0.944. The first kappa shape index (κ1) is 19.7. The zero-order valence-corrected chi connectivity index (χ0v) is 18.4. The van der Waals surface area contributed by atoms with E-state index in [4.69, 9.17) is 5.10 Å². The van der Waals surface area contributed by atoms with Gasteiger partial charge in [-0.15, -0.1) is 0 Å². The summed E-state index contributed by atoms with van der Waals surface area (Å²) in [7, 11) is 0. The SMILES string of the molecule is C[C@H](c1ccccc1)N1C(=O)[C@@H]2C(c3ccc(Br)cc3)=NN(c3ccccc3)[C@@H]2C1=O. The van der Waals surface area contributed by atoms with E-state index in [0.29, 0.717) is 5.71 Å². The van der Waals surface area contributed by atoms with Crippen LogP contribution in [0.2, 0.25) is 0 Å². The van der Waals surface area contributed by atoms with Crippen molar-refractivity contribution in [2.75, 3.05) is 5.01 Å². The van der Waals surface area contributed by atoms with Crippen molar-refractivity contribution in [3.05, 3.63) is 101 Å². The van der Waals surface area contributed by atoms with Crippen molar-refractivity contribution in [2.45, 2.75) is 19.0 Å². The highest BCUT2D eigenvalue weighted by Gasteiger charge is 2.57. The lowest BCUT2D eigenvalue weighted by atomic mass is 9.93. The van der Waals surface area contributed by atoms with Crippen LogP contribution >= 0.6 is 15.9 Å². The molecule has 6 heteroatoms. The first-order chi connectivity index (χ1) is 15.1. The molecule has 0 spiro atoms. The Bertz CT molecular complexity index is 1160. The number of imide groups is 1. The minimum Gasteiger partial charge on any atom is -0.274 e. The number of nitrogens with zero attached hydrogens (tertiary/aromatic N) is 3. The molecular weight excluding hydrogens is 454 g/mol. The molecule has 2 heterocycles. The second-order valence-electron chi connectivity index (χ2n) is 7.73. The van der Waals surface area contributed by atoms with Crippen molar-refractivity contribution >= 4 is 39.1 Å². The molecule has 154 valence electrons. The lowest BCUT2D eigenvalue weighted by Gasteiger charge is -2.26. The Morgan fingerprint density at radius 3 is 2.10 bits per heavy atom. The number of anilines is 1. The summed E-state index contributed by atoms with van der Waals surface area (Å²) in [5.41, 5.74) is 3.19. The average Bonchev–Trinajstić information content (AvgIpc) is 3.32. The number of likely N-dealkylation sites (tertiary alicyclic amines) is 1. The van der Waals surface area contributed by atoms with Gasteiger partial charge in [-0.3, -0.25) is 19.5 Å². The van der Waals surface area contributed by atoms with Crippen molar-refractivity contribution in [1.82, 2.24) is 4.90 Å². The molecule has 0 aliphatic carbocycles. The number of para-hydroxylation sites is 1. The zero-order chi connectivity index (χ0) is 21.5. The minimum atomic E-state index is -0.681. The van der Waals surface area contributed by atoms with Gasteiger partial charge in [0.05, 0.1) is 17.4 Å². The van der Waals surface area contributed by atoms with Gasteiger partial charge >= 0.3 is 0 Å². The second-order valence-corrected chi connectivity index (χ2v) is 8.64. The number of carbonyl (C=O) groups excluding carboxylic acids is 2. The van der Waals surface area contributed by atoms with Crippen LogP contribution in [0.5, 0.6) is 0 Å². The summed E-state index contributed by atoms with van der Waals surface area (Å²) in [6.07, 6.45) is 0. The standard InChI is InChI=1S/C25H20BrN3O2/c1-16(17-8-4-2-5-9-17)28-24(30)21-22(18-12-14-19(26)15-13-18)27-29(23(21)25(28)31)20-10-6-3-7-11-20/h2-16,21,23H,1H3/t16-,21-,23+/m1/s1. The van der Waals surface area contributed by atoms with E-state index >= 15 is 0 Å². The number of fused-ring (bicyclic) bond motifs is 1. The molecule has 0 radical (unpaired) electrons. The molecule has 2 aliphatic rings. The largest absolute Gasteiger partial charge is 0.274 e. The van der Waals surface area contributed by atoms with Crippen LogP contribution in [-0.4, -0.2) is 28.5 Å². The number of benzene rings is 3. The smallest absolute Gasteiger partial charge is 0.255 e. The summed E-state index contributed by atoms with van der Waals surface area (Å²) >= 11 is 3.46. The fourth-order valence-electron chi connectivity index (χ4n) is 4.35. The molecule has 0 saturated carbocycles. The topological polar surface area (TPSA) is 53.0 Å². The van der Waals surface area contributed by atoms with Gasteiger partial charge in [0.15, 0.2) is 0 Å². The Morgan fingerprint density at radius 1 is 0.839 bits per heavy atom. The second kappa shape index (κ2) is 7.78. The molecule has 1 fully saturated rings. The van der Waals surface area contributed by atoms with Crippen LogP contribution in [0.25, 0.3) is 0 Å². The number of carbonyl (C=O) groups is 2. The number of hydrogen-bond acceptors (Lipinski definition) is 4. The summed E-state index contributed by atoms with van der Waals surface area (Å²) in [6, 6.07) is 25.9. The van der Waals surface area contributed by atoms with Gasteiger partial charge in [-0.05, 0) is 42.3 Å². The Morgan fingerprint density at radius 2 is 1.45 bits per heavy atom. The number of rotatable bonds is 4. The normalized spacial score (nSPS) is 21.3. The van der Waals surface area contributed by atoms with Gasteiger partial charge in [-0.1, -0.05) is 76.6 Å². The van der Waals surface area contributed by atoms with Gasteiger partial charge in [-0.25, -0.2) is 0 Å². The third-order valence-corrected chi connectivity index (χ3v) is 6.44. The van der Waals surface area contributed by atoms with Crippen LogP contribution in [0, 0.1) is 5.92 Å². The van der Waals surface area contributed by atoms with E-state index in [2.05, 4.69) is 15.9 Å². The number of hydrogen-bond donors (Lipinski definition) is 0. The summed E-state index contributed by atoms with van der Waals surface area (Å²) in [4.78, 5) is 28.6. The molecule has 3 atom stereocenters. The van der Waals surface area contributed by atoms with Crippen LogP contribution < -0.4 is 5.01 Å². The van der Waals surface area contributed by atoms with E-state index < -0.39 is 12.0 Å². The van der Waals surface area contributed by atoms with E-state index in [1.165, 1.54) is 4.90 Å². The van der Waals surface area contributed by atoms with Crippen molar-refractivity contribution < 1.29 is 9.59 Å². The van der Waals surface area contributed by atoms with Crippen LogP contribution in [0.3, 0.4) is 0 Å². The van der Waals surface area contributed by atoms with Crippen LogP contribution in [0.1, 0.15) is 24.1 Å². The first-order valence-electron chi connectivity index (χ1n) is 10.2. The molecular formula is C25H20BrN3O2. The highest BCUT2D eigenvalue weighted by atomic mass is 79.9. The zero-order valence-electron chi connectivity index (χ0n) is 16.9. The number of amides is 2. The maximum Gasteiger partial charge on any atom is 0.255 e. The molecule has 1 saturated heterocycles. The lowest BCUT2D eigenvalue weighted by molar-refractivity contribution is -0.141. The molecule has 3 aromatic carbocycles. The molecule has 5 rings (SSSR count). The Kier molecular flexibility index (Phi) is 4.94.